The fourth-order valence-corrected chi connectivity index (χ4v) is 13.4. The van der Waals surface area contributed by atoms with Crippen LogP contribution in [0.25, 0.3) is 0 Å². The van der Waals surface area contributed by atoms with Crippen molar-refractivity contribution >= 4 is 39.5 Å². The van der Waals surface area contributed by atoms with Gasteiger partial charge < -0.3 is 33.8 Å². The summed E-state index contributed by atoms with van der Waals surface area (Å²) in [7, 11) is -9.99. The van der Waals surface area contributed by atoms with Crippen molar-refractivity contribution in [2.45, 2.75) is 393 Å². The van der Waals surface area contributed by atoms with Gasteiger partial charge in [-0.05, 0) is 148 Å². The minimum atomic E-state index is -5.00. The van der Waals surface area contributed by atoms with E-state index in [1.165, 1.54) is 103 Å². The molecule has 5 atom stereocenters. The zero-order valence-corrected chi connectivity index (χ0v) is 72.6. The van der Waals surface area contributed by atoms with Gasteiger partial charge in [0, 0.05) is 25.7 Å². The van der Waals surface area contributed by atoms with Crippen LogP contribution in [0.4, 0.5) is 0 Å². The molecule has 0 bridgehead atoms. The Bertz CT molecular complexity index is 2640. The van der Waals surface area contributed by atoms with E-state index in [2.05, 4.69) is 161 Å². The molecule has 3 N–H and O–H groups in total. The smallest absolute Gasteiger partial charge is 0.462 e. The van der Waals surface area contributed by atoms with E-state index in [4.69, 9.17) is 37.0 Å². The number of allylic oxidation sites excluding steroid dienone is 22. The molecule has 0 spiro atoms. The summed E-state index contributed by atoms with van der Waals surface area (Å²) in [6.45, 7) is 4.71. The van der Waals surface area contributed by atoms with Crippen LogP contribution in [0.15, 0.2) is 134 Å². The van der Waals surface area contributed by atoms with E-state index in [0.717, 1.165) is 193 Å². The van der Waals surface area contributed by atoms with Gasteiger partial charge in [-0.15, -0.1) is 0 Å². The van der Waals surface area contributed by atoms with Crippen LogP contribution in [-0.2, 0) is 65.4 Å². The molecule has 0 aromatic carbocycles. The van der Waals surface area contributed by atoms with Crippen LogP contribution >= 0.6 is 15.6 Å². The van der Waals surface area contributed by atoms with Gasteiger partial charge in [-0.25, -0.2) is 9.13 Å². The molecule has 112 heavy (non-hydrogen) atoms. The Labute approximate surface area is 682 Å². The molecule has 17 nitrogen and oxygen atoms in total. The number of phosphoric ester groups is 2. The number of esters is 4. The number of aliphatic hydroxyl groups excluding tert-OH is 1. The van der Waals surface area contributed by atoms with Gasteiger partial charge in [-0.3, -0.25) is 37.3 Å². The highest BCUT2D eigenvalue weighted by Crippen LogP contribution is 2.45. The molecule has 19 heteroatoms. The van der Waals surface area contributed by atoms with Crippen LogP contribution in [-0.4, -0.2) is 96.7 Å². The van der Waals surface area contributed by atoms with Crippen LogP contribution in [0.5, 0.6) is 0 Å². The molecule has 0 aliphatic rings. The summed E-state index contributed by atoms with van der Waals surface area (Å²) in [6.07, 6.45) is 96.8. The number of unbranched alkanes of at least 4 members (excludes halogenated alkanes) is 35. The van der Waals surface area contributed by atoms with Gasteiger partial charge >= 0.3 is 39.5 Å². The molecule has 0 saturated carbocycles. The molecule has 0 radical (unpaired) electrons. The second-order valence-electron chi connectivity index (χ2n) is 29.5. The molecular formula is C93H160O17P2. The van der Waals surface area contributed by atoms with Crippen LogP contribution in [0.2, 0.25) is 0 Å². The van der Waals surface area contributed by atoms with Crippen LogP contribution in [0.1, 0.15) is 374 Å². The van der Waals surface area contributed by atoms with E-state index in [9.17, 15) is 43.2 Å². The number of hydrogen-bond acceptors (Lipinski definition) is 15. The third-order valence-electron chi connectivity index (χ3n) is 18.6. The fourth-order valence-electron chi connectivity index (χ4n) is 11.9. The van der Waals surface area contributed by atoms with E-state index >= 15 is 0 Å². The average Bonchev–Trinajstić information content (AvgIpc) is 0.898. The summed E-state index contributed by atoms with van der Waals surface area (Å²) >= 11 is 0. The molecule has 0 aromatic rings. The Kier molecular flexibility index (Phi) is 80.5. The Morgan fingerprint density at radius 3 is 0.741 bits per heavy atom. The number of carbonyl (C=O) groups excluding carboxylic acids is 4. The summed E-state index contributed by atoms with van der Waals surface area (Å²) < 4.78 is 68.9. The number of rotatable bonds is 83. The Morgan fingerprint density at radius 2 is 0.464 bits per heavy atom. The number of ether oxygens (including phenoxy) is 4. The highest BCUT2D eigenvalue weighted by molar-refractivity contribution is 7.47. The van der Waals surface area contributed by atoms with Crippen molar-refractivity contribution in [2.75, 3.05) is 39.6 Å². The largest absolute Gasteiger partial charge is 0.472 e. The summed E-state index contributed by atoms with van der Waals surface area (Å²) in [5.74, 6) is -2.22. The summed E-state index contributed by atoms with van der Waals surface area (Å²) in [5, 5.41) is 10.7. The number of hydrogen-bond donors (Lipinski definition) is 3. The standard InChI is InChI=1S/C93H160O17P2/c1-5-9-13-17-21-25-29-33-37-40-43-46-50-53-57-61-65-69-73-77-90(95)103-83-88(109-92(97)79-75-71-67-63-59-55-49-36-32-28-24-20-16-12-8-4)85-107-111(99,100)105-81-87(94)82-106-112(101,102)108-86-89(110-93(98)80-76-72-68-64-60-56-52-48-45-42-39-35-31-27-23-19-15-11-7-3)84-104-91(96)78-74-70-66-62-58-54-51-47-44-41-38-34-30-26-22-18-14-10-6-2/h10,14,21-23,25-27,33-35,37-39,43-48,54,58,87-89,94H,5-9,11-13,15-20,24,28-32,36,40-42,49-53,55-57,59-86H2,1-4H3,(H,99,100)(H,101,102)/b14-10-,25-21-,26-22-,27-23-,37-33-,38-34-,39-35-,46-43-,47-44-,48-45-,58-54-. The van der Waals surface area contributed by atoms with Gasteiger partial charge in [0.1, 0.15) is 19.3 Å². The van der Waals surface area contributed by atoms with Crippen molar-refractivity contribution in [1.29, 1.82) is 0 Å². The van der Waals surface area contributed by atoms with E-state index in [1.807, 2.05) is 0 Å². The molecule has 0 rings (SSSR count). The first-order chi connectivity index (χ1) is 54.7. The van der Waals surface area contributed by atoms with Gasteiger partial charge in [0.25, 0.3) is 0 Å². The number of carbonyl (C=O) groups is 4. The second kappa shape index (κ2) is 84.1. The molecule has 0 aliphatic carbocycles. The molecule has 5 unspecified atom stereocenters. The van der Waals surface area contributed by atoms with Crippen molar-refractivity contribution in [2.24, 2.45) is 0 Å². The first-order valence-corrected chi connectivity index (χ1v) is 47.4. The highest BCUT2D eigenvalue weighted by atomic mass is 31.2. The molecule has 0 aromatic heterocycles. The minimum Gasteiger partial charge on any atom is -0.462 e. The lowest BCUT2D eigenvalue weighted by molar-refractivity contribution is -0.161. The fraction of sp³-hybridized carbons (Fsp3) is 0.720. The third kappa shape index (κ3) is 83.2. The quantitative estimate of drug-likeness (QED) is 0.0169. The topological polar surface area (TPSA) is 237 Å². The lowest BCUT2D eigenvalue weighted by atomic mass is 10.0. The predicted octanol–water partition coefficient (Wildman–Crippen LogP) is 26.8. The van der Waals surface area contributed by atoms with E-state index in [0.29, 0.717) is 25.7 Å². The Balaban J connectivity index is 5.43. The lowest BCUT2D eigenvalue weighted by Gasteiger charge is -2.21. The first-order valence-electron chi connectivity index (χ1n) is 44.4. The number of phosphoric acid groups is 2. The Morgan fingerprint density at radius 1 is 0.259 bits per heavy atom. The van der Waals surface area contributed by atoms with Crippen molar-refractivity contribution in [3.8, 4) is 0 Å². The normalized spacial score (nSPS) is 14.4. The summed E-state index contributed by atoms with van der Waals surface area (Å²) in [5.41, 5.74) is 0. The molecule has 0 fully saturated rings. The summed E-state index contributed by atoms with van der Waals surface area (Å²) in [4.78, 5) is 73.4. The average molecular weight is 1610 g/mol. The van der Waals surface area contributed by atoms with Gasteiger partial charge in [-0.1, -0.05) is 335 Å². The molecule has 0 saturated heterocycles. The lowest BCUT2D eigenvalue weighted by Crippen LogP contribution is -2.30. The molecule has 0 amide bonds. The van der Waals surface area contributed by atoms with Gasteiger partial charge in [-0.2, -0.15) is 0 Å². The second-order valence-corrected chi connectivity index (χ2v) is 32.4. The van der Waals surface area contributed by atoms with Gasteiger partial charge in [0.05, 0.1) is 26.4 Å². The number of aliphatic hydroxyl groups is 1. The van der Waals surface area contributed by atoms with E-state index in [-0.39, 0.29) is 25.7 Å². The van der Waals surface area contributed by atoms with Crippen molar-refractivity contribution in [3.05, 3.63) is 134 Å². The maximum Gasteiger partial charge on any atom is 0.472 e. The minimum absolute atomic E-state index is 0.0700. The summed E-state index contributed by atoms with van der Waals surface area (Å²) in [6, 6.07) is 0. The van der Waals surface area contributed by atoms with Crippen molar-refractivity contribution in [1.82, 2.24) is 0 Å². The zero-order valence-electron chi connectivity index (χ0n) is 70.8. The van der Waals surface area contributed by atoms with Gasteiger partial charge in [0.15, 0.2) is 12.2 Å². The molecule has 0 heterocycles. The molecular weight excluding hydrogens is 1450 g/mol. The maximum atomic E-state index is 13.2. The zero-order chi connectivity index (χ0) is 81.7. The van der Waals surface area contributed by atoms with E-state index < -0.39 is 97.5 Å². The molecule has 644 valence electrons. The van der Waals surface area contributed by atoms with Crippen molar-refractivity contribution in [3.63, 3.8) is 0 Å². The maximum absolute atomic E-state index is 13.2. The predicted molar refractivity (Wildman–Crippen MR) is 464 cm³/mol. The van der Waals surface area contributed by atoms with Crippen LogP contribution in [0.3, 0.4) is 0 Å². The Hall–Kier alpha value is -4.80. The van der Waals surface area contributed by atoms with Crippen LogP contribution < -0.4 is 0 Å². The first kappa shape index (κ1) is 107. The third-order valence-corrected chi connectivity index (χ3v) is 20.5. The van der Waals surface area contributed by atoms with Gasteiger partial charge in [0.2, 0.25) is 0 Å². The van der Waals surface area contributed by atoms with E-state index in [1.54, 1.807) is 0 Å². The molecule has 0 aliphatic heterocycles. The SMILES string of the molecule is CC/C=C\C/C=C\C/C=C\C/C=C\C/C=C\CCCCCC(=O)OCC(COP(=O)(O)OCC(O)COP(=O)(O)OCC(COC(=O)CCCCCCCC/C=C\C/C=C\C/C=C\CCCCC)OC(=O)CCCCCCCCCCCCCCCCC)OC(=O)CCCCCCCC/C=C\C/C=C\C/C=C\CCCCC. The monoisotopic (exact) mass is 1610 g/mol. The highest BCUT2D eigenvalue weighted by Gasteiger charge is 2.30. The van der Waals surface area contributed by atoms with Crippen LogP contribution in [0, 0.1) is 0 Å². The van der Waals surface area contributed by atoms with Crippen molar-refractivity contribution < 1.29 is 80.2 Å².